The molecule has 0 aliphatic carbocycles. The zero-order chi connectivity index (χ0) is 17.9. The highest BCUT2D eigenvalue weighted by molar-refractivity contribution is 5.85. The van der Waals surface area contributed by atoms with Crippen LogP contribution in [-0.4, -0.2) is 41.7 Å². The van der Waals surface area contributed by atoms with E-state index in [9.17, 15) is 4.39 Å². The molecule has 0 radical (unpaired) electrons. The third-order valence-corrected chi connectivity index (χ3v) is 4.42. The number of hydrogen-bond donors (Lipinski definition) is 1. The van der Waals surface area contributed by atoms with Crippen LogP contribution in [0.2, 0.25) is 0 Å². The van der Waals surface area contributed by atoms with E-state index in [0.29, 0.717) is 28.8 Å². The molecule has 4 rings (SSSR count). The lowest BCUT2D eigenvalue weighted by molar-refractivity contribution is 0.190. The second kappa shape index (κ2) is 8.47. The highest BCUT2D eigenvalue weighted by Crippen LogP contribution is 2.25. The summed E-state index contributed by atoms with van der Waals surface area (Å²) in [7, 11) is 2.05. The Bertz CT molecular complexity index is 924. The van der Waals surface area contributed by atoms with Crippen molar-refractivity contribution in [2.24, 2.45) is 0 Å². The molecule has 2 aromatic heterocycles. The first-order chi connectivity index (χ1) is 12.7. The van der Waals surface area contributed by atoms with E-state index in [1.165, 1.54) is 6.07 Å². The summed E-state index contributed by atoms with van der Waals surface area (Å²) in [6.07, 6.45) is 3.42. The number of hydrogen-bond acceptors (Lipinski definition) is 6. The lowest BCUT2D eigenvalue weighted by Gasteiger charge is -2.30. The molecule has 27 heavy (non-hydrogen) atoms. The quantitative estimate of drug-likeness (QED) is 0.733. The number of nitrogens with one attached hydrogen (secondary N) is 1. The van der Waals surface area contributed by atoms with Crippen LogP contribution in [0.1, 0.15) is 23.5 Å². The van der Waals surface area contributed by atoms with Crippen molar-refractivity contribution in [1.29, 1.82) is 0 Å². The van der Waals surface area contributed by atoms with E-state index in [1.54, 1.807) is 42.5 Å². The summed E-state index contributed by atoms with van der Waals surface area (Å²) < 4.78 is 24.8. The first-order valence-corrected chi connectivity index (χ1v) is 8.48. The highest BCUT2D eigenvalue weighted by atomic mass is 35.5. The van der Waals surface area contributed by atoms with Gasteiger partial charge in [-0.15, -0.1) is 12.4 Å². The first kappa shape index (κ1) is 19.3. The van der Waals surface area contributed by atoms with Gasteiger partial charge in [0.1, 0.15) is 17.3 Å². The lowest BCUT2D eigenvalue weighted by Crippen LogP contribution is -2.44. The van der Waals surface area contributed by atoms with E-state index in [0.717, 1.165) is 19.6 Å². The summed E-state index contributed by atoms with van der Waals surface area (Å²) in [5.41, 5.74) is 0.431. The fraction of sp³-hybridized carbons (Fsp3) is 0.263. The smallest absolute Gasteiger partial charge is 0.250 e. The molecule has 8 heteroatoms. The van der Waals surface area contributed by atoms with Crippen LogP contribution in [0.15, 0.2) is 45.3 Å². The van der Waals surface area contributed by atoms with Gasteiger partial charge in [-0.05, 0) is 37.4 Å². The van der Waals surface area contributed by atoms with E-state index in [4.69, 9.17) is 8.94 Å². The van der Waals surface area contributed by atoms with Crippen LogP contribution in [0.4, 0.5) is 4.39 Å². The molecule has 1 unspecified atom stereocenters. The molecule has 1 aromatic carbocycles. The molecule has 3 heterocycles. The summed E-state index contributed by atoms with van der Waals surface area (Å²) in [5, 5.41) is 7.39. The van der Waals surface area contributed by atoms with Gasteiger partial charge in [0.25, 0.3) is 5.89 Å². The van der Waals surface area contributed by atoms with E-state index >= 15 is 0 Å². The number of nitrogens with zero attached hydrogens (tertiary/aromatic N) is 3. The van der Waals surface area contributed by atoms with Crippen LogP contribution < -0.4 is 5.32 Å². The van der Waals surface area contributed by atoms with Crippen molar-refractivity contribution in [1.82, 2.24) is 20.4 Å². The van der Waals surface area contributed by atoms with Gasteiger partial charge in [-0.2, -0.15) is 4.98 Å². The maximum atomic E-state index is 13.8. The molecule has 0 amide bonds. The molecule has 0 spiro atoms. The van der Waals surface area contributed by atoms with Gasteiger partial charge in [0.15, 0.2) is 5.82 Å². The Labute approximate surface area is 162 Å². The van der Waals surface area contributed by atoms with Gasteiger partial charge in [0.2, 0.25) is 0 Å². The highest BCUT2D eigenvalue weighted by Gasteiger charge is 2.24. The van der Waals surface area contributed by atoms with Crippen LogP contribution >= 0.6 is 12.4 Å². The Morgan fingerprint density at radius 2 is 2.07 bits per heavy atom. The molecule has 3 aromatic rings. The summed E-state index contributed by atoms with van der Waals surface area (Å²) in [6, 6.07) is 10.1. The van der Waals surface area contributed by atoms with Crippen molar-refractivity contribution < 1.29 is 13.3 Å². The summed E-state index contributed by atoms with van der Waals surface area (Å²) in [4.78, 5) is 6.63. The molecule has 1 atom stereocenters. The molecule has 1 aliphatic rings. The predicted octanol–water partition coefficient (Wildman–Crippen LogP) is 3.64. The van der Waals surface area contributed by atoms with Crippen LogP contribution in [0.5, 0.6) is 0 Å². The summed E-state index contributed by atoms with van der Waals surface area (Å²) in [6.45, 7) is 2.69. The van der Waals surface area contributed by atoms with Gasteiger partial charge >= 0.3 is 0 Å². The van der Waals surface area contributed by atoms with Crippen LogP contribution in [0, 0.1) is 5.82 Å². The third kappa shape index (κ3) is 4.27. The van der Waals surface area contributed by atoms with Crippen molar-refractivity contribution in [2.45, 2.75) is 6.04 Å². The molecule has 6 nitrogen and oxygen atoms in total. The average Bonchev–Trinajstić information content (AvgIpc) is 3.30. The number of aromatic nitrogens is 2. The van der Waals surface area contributed by atoms with Crippen molar-refractivity contribution in [2.75, 3.05) is 26.7 Å². The minimum absolute atomic E-state index is 0. The molecule has 1 fully saturated rings. The van der Waals surface area contributed by atoms with E-state index in [1.807, 2.05) is 7.05 Å². The Morgan fingerprint density at radius 3 is 2.89 bits per heavy atom. The molecular weight excluding hydrogens is 371 g/mol. The second-order valence-electron chi connectivity index (χ2n) is 6.21. The minimum Gasteiger partial charge on any atom is -0.457 e. The number of benzene rings is 1. The molecule has 1 N–H and O–H groups in total. The Hall–Kier alpha value is -2.48. The van der Waals surface area contributed by atoms with Gasteiger partial charge in [0.05, 0.1) is 11.6 Å². The van der Waals surface area contributed by atoms with Gasteiger partial charge in [-0.1, -0.05) is 17.3 Å². The molecule has 142 valence electrons. The van der Waals surface area contributed by atoms with Crippen LogP contribution in [0.25, 0.3) is 23.5 Å². The fourth-order valence-electron chi connectivity index (χ4n) is 2.95. The van der Waals surface area contributed by atoms with E-state index in [-0.39, 0.29) is 24.3 Å². The number of piperazine rings is 1. The molecule has 0 saturated carbocycles. The Balaban J connectivity index is 0.00000210. The monoisotopic (exact) mass is 390 g/mol. The molecule has 0 bridgehead atoms. The van der Waals surface area contributed by atoms with Crippen molar-refractivity contribution in [3.8, 4) is 11.3 Å². The fourth-order valence-corrected chi connectivity index (χ4v) is 2.95. The molecule has 1 aliphatic heterocycles. The van der Waals surface area contributed by atoms with Crippen LogP contribution in [-0.2, 0) is 0 Å². The molecular formula is C19H20ClFN4O2. The predicted molar refractivity (Wildman–Crippen MR) is 103 cm³/mol. The van der Waals surface area contributed by atoms with E-state index in [2.05, 4.69) is 20.4 Å². The number of likely N-dealkylation sites (N-methyl/N-ethyl adjacent to an activating group) is 1. The molecule has 1 saturated heterocycles. The van der Waals surface area contributed by atoms with E-state index < -0.39 is 0 Å². The Kier molecular flexibility index (Phi) is 6.05. The van der Waals surface area contributed by atoms with Gasteiger partial charge in [-0.3, -0.25) is 4.90 Å². The zero-order valence-electron chi connectivity index (χ0n) is 14.8. The van der Waals surface area contributed by atoms with Crippen molar-refractivity contribution >= 4 is 24.6 Å². The lowest BCUT2D eigenvalue weighted by atomic mass is 10.1. The van der Waals surface area contributed by atoms with Crippen molar-refractivity contribution in [3.63, 3.8) is 0 Å². The summed E-state index contributed by atoms with van der Waals surface area (Å²) >= 11 is 0. The van der Waals surface area contributed by atoms with Gasteiger partial charge < -0.3 is 14.3 Å². The number of halogens is 2. The minimum atomic E-state index is -0.316. The zero-order valence-corrected chi connectivity index (χ0v) is 15.6. The SMILES string of the molecule is CN1CCNCC1c1noc(/C=C/c2ccc(-c3ccccc3F)o2)n1.Cl. The summed E-state index contributed by atoms with van der Waals surface area (Å²) in [5.74, 6) is 1.81. The maximum absolute atomic E-state index is 13.8. The topological polar surface area (TPSA) is 67.3 Å². The average molecular weight is 391 g/mol. The van der Waals surface area contributed by atoms with Crippen molar-refractivity contribution in [3.05, 3.63) is 59.7 Å². The standard InChI is InChI=1S/C19H19FN4O2.ClH/c1-24-11-10-21-12-16(24)19-22-18(26-23-19)9-7-13-6-8-17(25-13)14-4-2-3-5-15(14)20;/h2-9,16,21H,10-12H2,1H3;1H/b9-7+;. The van der Waals surface area contributed by atoms with Gasteiger partial charge in [0, 0.05) is 25.7 Å². The number of rotatable bonds is 4. The van der Waals surface area contributed by atoms with Crippen LogP contribution in [0.3, 0.4) is 0 Å². The second-order valence-corrected chi connectivity index (χ2v) is 6.21. The largest absolute Gasteiger partial charge is 0.457 e. The van der Waals surface area contributed by atoms with Gasteiger partial charge in [-0.25, -0.2) is 4.39 Å². The number of furan rings is 1. The first-order valence-electron chi connectivity index (χ1n) is 8.48. The third-order valence-electron chi connectivity index (χ3n) is 4.42. The normalized spacial score (nSPS) is 17.9. The maximum Gasteiger partial charge on any atom is 0.250 e. The Morgan fingerprint density at radius 1 is 1.22 bits per heavy atom.